The molecule has 2 aliphatic heterocycles. The van der Waals surface area contributed by atoms with Crippen molar-refractivity contribution in [1.29, 1.82) is 0 Å². The Morgan fingerprint density at radius 2 is 1.93 bits per heavy atom. The van der Waals surface area contributed by atoms with E-state index in [0.29, 0.717) is 55.7 Å². The number of halogens is 2. The number of nitrogens with one attached hydrogen (secondary N) is 2. The summed E-state index contributed by atoms with van der Waals surface area (Å²) in [5.74, 6) is 1.68. The summed E-state index contributed by atoms with van der Waals surface area (Å²) in [6.07, 6.45) is 0. The van der Waals surface area contributed by atoms with Crippen LogP contribution in [0.1, 0.15) is 12.5 Å². The van der Waals surface area contributed by atoms with Crippen LogP contribution in [0.5, 0.6) is 17.2 Å². The second-order valence-electron chi connectivity index (χ2n) is 6.81. The average molecular weight is 448 g/mol. The Balaban J connectivity index is 1.60. The van der Waals surface area contributed by atoms with Crippen LogP contribution in [0.2, 0.25) is 0 Å². The molecule has 12 heteroatoms. The van der Waals surface area contributed by atoms with Crippen LogP contribution in [0, 0.1) is 0 Å². The van der Waals surface area contributed by atoms with E-state index in [2.05, 4.69) is 25.3 Å². The minimum atomic E-state index is -2.96. The summed E-state index contributed by atoms with van der Waals surface area (Å²) in [5, 5.41) is 6.27. The van der Waals surface area contributed by atoms with Gasteiger partial charge in [-0.1, -0.05) is 0 Å². The molecule has 2 N–H and O–H groups in total. The number of alkyl halides is 2. The number of benzene rings is 1. The van der Waals surface area contributed by atoms with Gasteiger partial charge in [0.1, 0.15) is 5.75 Å². The molecule has 1 fully saturated rings. The van der Waals surface area contributed by atoms with E-state index in [0.717, 1.165) is 0 Å². The number of aliphatic imine (C=N–C) groups is 1. The summed E-state index contributed by atoms with van der Waals surface area (Å²) in [4.78, 5) is 6.52. The smallest absolute Gasteiger partial charge is 0.387 e. The van der Waals surface area contributed by atoms with Crippen LogP contribution in [0.25, 0.3) is 0 Å². The van der Waals surface area contributed by atoms with Gasteiger partial charge in [0.05, 0.1) is 18.1 Å². The molecule has 0 unspecified atom stereocenters. The van der Waals surface area contributed by atoms with Crippen molar-refractivity contribution in [3.8, 4) is 17.2 Å². The summed E-state index contributed by atoms with van der Waals surface area (Å²) in [6, 6.07) is 2.96. The van der Waals surface area contributed by atoms with Gasteiger partial charge in [-0.3, -0.25) is 4.90 Å². The Labute approximate surface area is 174 Å². The first-order valence-corrected chi connectivity index (χ1v) is 11.5. The quantitative estimate of drug-likeness (QED) is 0.445. The lowest BCUT2D eigenvalue weighted by Gasteiger charge is -2.26. The highest BCUT2D eigenvalue weighted by Crippen LogP contribution is 2.39. The van der Waals surface area contributed by atoms with Gasteiger partial charge in [-0.05, 0) is 13.0 Å². The van der Waals surface area contributed by atoms with E-state index in [1.165, 1.54) is 6.07 Å². The van der Waals surface area contributed by atoms with Gasteiger partial charge in [0.25, 0.3) is 0 Å². The third kappa shape index (κ3) is 6.33. The predicted octanol–water partition coefficient (Wildman–Crippen LogP) is 0.802. The molecule has 0 radical (unpaired) electrons. The fourth-order valence-electron chi connectivity index (χ4n) is 3.11. The molecule has 2 heterocycles. The maximum absolute atomic E-state index is 12.8. The Bertz CT molecular complexity index is 852. The molecule has 30 heavy (non-hydrogen) atoms. The number of ether oxygens (including phenoxy) is 3. The van der Waals surface area contributed by atoms with E-state index in [-0.39, 0.29) is 30.6 Å². The first-order valence-electron chi connectivity index (χ1n) is 9.68. The first kappa shape index (κ1) is 22.3. The van der Waals surface area contributed by atoms with Crippen molar-refractivity contribution in [2.75, 3.05) is 51.0 Å². The lowest BCUT2D eigenvalue weighted by Crippen LogP contribution is -2.45. The van der Waals surface area contributed by atoms with E-state index in [1.807, 2.05) is 6.92 Å². The second-order valence-corrected chi connectivity index (χ2v) is 9.11. The van der Waals surface area contributed by atoms with Gasteiger partial charge in [0.15, 0.2) is 27.3 Å². The van der Waals surface area contributed by atoms with Gasteiger partial charge < -0.3 is 24.8 Å². The van der Waals surface area contributed by atoms with Crippen LogP contribution in [0.3, 0.4) is 0 Å². The molecule has 0 spiro atoms. The normalized spacial score (nSPS) is 18.5. The first-order chi connectivity index (χ1) is 14.4. The Morgan fingerprint density at radius 1 is 1.23 bits per heavy atom. The minimum absolute atomic E-state index is 0.0108. The van der Waals surface area contributed by atoms with Crippen LogP contribution in [0.4, 0.5) is 8.78 Å². The van der Waals surface area contributed by atoms with Gasteiger partial charge in [-0.25, -0.2) is 13.4 Å². The molecular formula is C18H26F2N4O5S. The summed E-state index contributed by atoms with van der Waals surface area (Å²) >= 11 is 0. The molecule has 0 atom stereocenters. The Morgan fingerprint density at radius 3 is 2.60 bits per heavy atom. The van der Waals surface area contributed by atoms with E-state index in [4.69, 9.17) is 9.47 Å². The Kier molecular flexibility index (Phi) is 7.53. The van der Waals surface area contributed by atoms with Crippen molar-refractivity contribution in [3.63, 3.8) is 0 Å². The highest BCUT2D eigenvalue weighted by Gasteiger charge is 2.21. The van der Waals surface area contributed by atoms with Crippen LogP contribution in [-0.4, -0.2) is 76.9 Å². The molecule has 0 aliphatic carbocycles. The summed E-state index contributed by atoms with van der Waals surface area (Å²) in [7, 11) is -2.90. The maximum Gasteiger partial charge on any atom is 0.387 e. The number of sulfone groups is 1. The van der Waals surface area contributed by atoms with Crippen LogP contribution in [-0.2, 0) is 16.4 Å². The van der Waals surface area contributed by atoms with Crippen molar-refractivity contribution in [2.24, 2.45) is 4.99 Å². The SMILES string of the molecule is CCNC(=NCc1cc2c(cc1OC(F)F)OCO2)NCCN1CCS(=O)(=O)CC1. The zero-order valence-corrected chi connectivity index (χ0v) is 17.5. The molecular weight excluding hydrogens is 422 g/mol. The topological polar surface area (TPSA) is 101 Å². The van der Waals surface area contributed by atoms with Crippen molar-refractivity contribution >= 4 is 15.8 Å². The highest BCUT2D eigenvalue weighted by atomic mass is 32.2. The molecule has 1 aromatic rings. The number of guanidine groups is 1. The van der Waals surface area contributed by atoms with Gasteiger partial charge in [-0.2, -0.15) is 8.78 Å². The number of fused-ring (bicyclic) bond motifs is 1. The van der Waals surface area contributed by atoms with E-state index < -0.39 is 16.4 Å². The van der Waals surface area contributed by atoms with Crippen molar-refractivity contribution < 1.29 is 31.4 Å². The van der Waals surface area contributed by atoms with Gasteiger partial charge >= 0.3 is 6.61 Å². The maximum atomic E-state index is 12.8. The molecule has 0 amide bonds. The molecule has 1 aromatic carbocycles. The monoisotopic (exact) mass is 448 g/mol. The van der Waals surface area contributed by atoms with Crippen LogP contribution >= 0.6 is 0 Å². The molecule has 9 nitrogen and oxygen atoms in total. The van der Waals surface area contributed by atoms with Crippen molar-refractivity contribution in [3.05, 3.63) is 17.7 Å². The van der Waals surface area contributed by atoms with Crippen LogP contribution < -0.4 is 24.8 Å². The third-order valence-corrected chi connectivity index (χ3v) is 6.29. The fraction of sp³-hybridized carbons (Fsp3) is 0.611. The van der Waals surface area contributed by atoms with E-state index in [9.17, 15) is 17.2 Å². The summed E-state index contributed by atoms with van der Waals surface area (Å²) < 4.78 is 63.7. The average Bonchev–Trinajstić information content (AvgIpc) is 3.14. The van der Waals surface area contributed by atoms with E-state index in [1.54, 1.807) is 6.07 Å². The standard InChI is InChI=1S/C18H26F2N4O5S/c1-2-21-18(22-3-4-24-5-7-30(25,26)8-6-24)23-11-13-9-15-16(28-12-27-15)10-14(13)29-17(19)20/h9-10,17H,2-8,11-12H2,1H3,(H2,21,22,23). The summed E-state index contributed by atoms with van der Waals surface area (Å²) in [5.41, 5.74) is 0.443. The highest BCUT2D eigenvalue weighted by molar-refractivity contribution is 7.91. The number of nitrogens with zero attached hydrogens (tertiary/aromatic N) is 2. The minimum Gasteiger partial charge on any atom is -0.454 e. The second kappa shape index (κ2) is 10.1. The molecule has 2 aliphatic rings. The van der Waals surface area contributed by atoms with Gasteiger partial charge in [0.2, 0.25) is 6.79 Å². The summed E-state index contributed by atoms with van der Waals surface area (Å²) in [6.45, 7) is 1.96. The fourth-order valence-corrected chi connectivity index (χ4v) is 4.38. The molecule has 0 saturated carbocycles. The number of rotatable bonds is 8. The van der Waals surface area contributed by atoms with Crippen molar-refractivity contribution in [2.45, 2.75) is 20.1 Å². The molecule has 0 bridgehead atoms. The largest absolute Gasteiger partial charge is 0.454 e. The van der Waals surface area contributed by atoms with Gasteiger partial charge in [0, 0.05) is 44.4 Å². The molecule has 1 saturated heterocycles. The zero-order chi connectivity index (χ0) is 21.6. The predicted molar refractivity (Wildman–Crippen MR) is 107 cm³/mol. The molecule has 0 aromatic heterocycles. The lowest BCUT2D eigenvalue weighted by molar-refractivity contribution is -0.0505. The zero-order valence-electron chi connectivity index (χ0n) is 16.7. The van der Waals surface area contributed by atoms with Crippen LogP contribution in [0.15, 0.2) is 17.1 Å². The third-order valence-electron chi connectivity index (χ3n) is 4.68. The lowest BCUT2D eigenvalue weighted by atomic mass is 10.1. The molecule has 3 rings (SSSR count). The molecule has 168 valence electrons. The number of hydrogen-bond acceptors (Lipinski definition) is 7. The number of hydrogen-bond donors (Lipinski definition) is 2. The van der Waals surface area contributed by atoms with E-state index >= 15 is 0 Å². The Hall–Kier alpha value is -2.34. The van der Waals surface area contributed by atoms with Crippen molar-refractivity contribution in [1.82, 2.24) is 15.5 Å². The van der Waals surface area contributed by atoms with Gasteiger partial charge in [-0.15, -0.1) is 0 Å².